The topological polar surface area (TPSA) is 102 Å². The maximum absolute atomic E-state index is 12.9. The Balaban J connectivity index is 1.85. The predicted octanol–water partition coefficient (Wildman–Crippen LogP) is 3.56. The van der Waals surface area contributed by atoms with E-state index in [9.17, 15) is 10.1 Å². The molecule has 0 saturated carbocycles. The Kier molecular flexibility index (Phi) is 3.43. The normalized spacial score (nSPS) is 15.9. The number of hydrogen-bond donors (Lipinski definition) is 1. The van der Waals surface area contributed by atoms with Gasteiger partial charge in [-0.05, 0) is 29.8 Å². The van der Waals surface area contributed by atoms with Crippen molar-refractivity contribution in [3.05, 3.63) is 93.8 Å². The molecule has 6 heteroatoms. The highest BCUT2D eigenvalue weighted by atomic mass is 16.5. The van der Waals surface area contributed by atoms with Gasteiger partial charge in [0.1, 0.15) is 17.2 Å². The van der Waals surface area contributed by atoms with Gasteiger partial charge in [-0.15, -0.1) is 0 Å². The molecular formula is C22H13N3O3. The molecule has 6 nitrogen and oxygen atoms in total. The molecule has 2 aromatic heterocycles. The molecule has 0 bridgehead atoms. The predicted molar refractivity (Wildman–Crippen MR) is 104 cm³/mol. The molecular weight excluding hydrogens is 354 g/mol. The van der Waals surface area contributed by atoms with Crippen molar-refractivity contribution in [2.24, 2.45) is 5.73 Å². The zero-order chi connectivity index (χ0) is 19.3. The van der Waals surface area contributed by atoms with Crippen molar-refractivity contribution in [1.82, 2.24) is 4.98 Å². The standard InChI is InChI=1S/C22H13N3O3/c23-10-15-18(13-9-12-5-1-3-7-16(12)25-11-13)19-20(28-21(15)24)14-6-2-4-8-17(14)27-22(19)26/h1-9,11,18H,24H2. The summed E-state index contributed by atoms with van der Waals surface area (Å²) in [7, 11) is 0. The summed E-state index contributed by atoms with van der Waals surface area (Å²) in [5, 5.41) is 11.2. The van der Waals surface area contributed by atoms with Crippen LogP contribution in [0.25, 0.3) is 21.9 Å². The highest BCUT2D eigenvalue weighted by Crippen LogP contribution is 2.43. The number of allylic oxidation sites excluding steroid dienone is 1. The fourth-order valence-corrected chi connectivity index (χ4v) is 3.65. The van der Waals surface area contributed by atoms with Crippen LogP contribution in [0.3, 0.4) is 0 Å². The second-order valence-electron chi connectivity index (χ2n) is 6.51. The van der Waals surface area contributed by atoms with E-state index in [2.05, 4.69) is 11.1 Å². The zero-order valence-corrected chi connectivity index (χ0v) is 14.5. The molecule has 2 aromatic carbocycles. The van der Waals surface area contributed by atoms with Crippen molar-refractivity contribution in [3.63, 3.8) is 0 Å². The second kappa shape index (κ2) is 5.96. The summed E-state index contributed by atoms with van der Waals surface area (Å²) in [5.41, 5.74) is 7.80. The Labute approximate surface area is 159 Å². The number of nitrogens with two attached hydrogens (primary N) is 1. The Morgan fingerprint density at radius 3 is 2.75 bits per heavy atom. The van der Waals surface area contributed by atoms with Crippen molar-refractivity contribution in [2.45, 2.75) is 5.92 Å². The number of nitrogens with zero attached hydrogens (tertiary/aromatic N) is 2. The van der Waals surface area contributed by atoms with Crippen LogP contribution < -0.4 is 16.1 Å². The number of fused-ring (bicyclic) bond motifs is 4. The third kappa shape index (κ3) is 2.27. The van der Waals surface area contributed by atoms with E-state index in [1.165, 1.54) is 0 Å². The molecule has 0 radical (unpaired) electrons. The molecule has 4 aromatic rings. The van der Waals surface area contributed by atoms with E-state index in [0.717, 1.165) is 10.9 Å². The number of pyridine rings is 1. The van der Waals surface area contributed by atoms with E-state index in [1.54, 1.807) is 24.4 Å². The van der Waals surface area contributed by atoms with E-state index in [4.69, 9.17) is 14.9 Å². The molecule has 0 aliphatic carbocycles. The van der Waals surface area contributed by atoms with Gasteiger partial charge in [0.25, 0.3) is 0 Å². The number of benzene rings is 2. The van der Waals surface area contributed by atoms with Crippen molar-refractivity contribution in [3.8, 4) is 11.8 Å². The van der Waals surface area contributed by atoms with Crippen LogP contribution in [-0.2, 0) is 0 Å². The SMILES string of the molecule is N#CC1=C(N)Oc2c(c(=O)oc3ccccc23)C1c1cnc2ccccc2c1. The molecule has 1 atom stereocenters. The van der Waals surface area contributed by atoms with Gasteiger partial charge >= 0.3 is 5.63 Å². The van der Waals surface area contributed by atoms with Crippen LogP contribution in [-0.4, -0.2) is 4.98 Å². The summed E-state index contributed by atoms with van der Waals surface area (Å²) in [6.07, 6.45) is 1.65. The van der Waals surface area contributed by atoms with Crippen molar-refractivity contribution >= 4 is 21.9 Å². The van der Waals surface area contributed by atoms with Gasteiger partial charge in [0, 0.05) is 11.6 Å². The third-order valence-corrected chi connectivity index (χ3v) is 4.92. The summed E-state index contributed by atoms with van der Waals surface area (Å²) < 4.78 is 11.2. The van der Waals surface area contributed by atoms with Crippen molar-refractivity contribution < 1.29 is 9.15 Å². The molecule has 134 valence electrons. The van der Waals surface area contributed by atoms with E-state index in [-0.39, 0.29) is 17.0 Å². The molecule has 1 aliphatic heterocycles. The van der Waals surface area contributed by atoms with E-state index >= 15 is 0 Å². The van der Waals surface area contributed by atoms with Gasteiger partial charge in [0.2, 0.25) is 5.88 Å². The van der Waals surface area contributed by atoms with Crippen LogP contribution in [0.2, 0.25) is 0 Å². The first-order valence-corrected chi connectivity index (χ1v) is 8.65. The molecule has 5 rings (SSSR count). The summed E-state index contributed by atoms with van der Waals surface area (Å²) in [5.74, 6) is -0.419. The summed E-state index contributed by atoms with van der Waals surface area (Å²) in [4.78, 5) is 17.3. The van der Waals surface area contributed by atoms with Gasteiger partial charge in [-0.25, -0.2) is 4.79 Å². The molecule has 1 unspecified atom stereocenters. The average molecular weight is 367 g/mol. The van der Waals surface area contributed by atoms with Gasteiger partial charge < -0.3 is 14.9 Å². The third-order valence-electron chi connectivity index (χ3n) is 4.92. The Morgan fingerprint density at radius 1 is 1.11 bits per heavy atom. The number of nitriles is 1. The van der Waals surface area contributed by atoms with Crippen LogP contribution in [0, 0.1) is 11.3 Å². The highest BCUT2D eigenvalue weighted by Gasteiger charge is 2.35. The largest absolute Gasteiger partial charge is 0.439 e. The van der Waals surface area contributed by atoms with Crippen LogP contribution >= 0.6 is 0 Å². The maximum Gasteiger partial charge on any atom is 0.344 e. The van der Waals surface area contributed by atoms with E-state index in [1.807, 2.05) is 36.4 Å². The summed E-state index contributed by atoms with van der Waals surface area (Å²) in [6.45, 7) is 0. The number of para-hydroxylation sites is 2. The quantitative estimate of drug-likeness (QED) is 0.516. The maximum atomic E-state index is 12.9. The first-order chi connectivity index (χ1) is 13.7. The number of rotatable bonds is 1. The van der Waals surface area contributed by atoms with Crippen molar-refractivity contribution in [1.29, 1.82) is 5.26 Å². The monoisotopic (exact) mass is 367 g/mol. The fourth-order valence-electron chi connectivity index (χ4n) is 3.65. The van der Waals surface area contributed by atoms with Gasteiger partial charge in [-0.1, -0.05) is 30.3 Å². The smallest absolute Gasteiger partial charge is 0.344 e. The first-order valence-electron chi connectivity index (χ1n) is 8.65. The molecule has 0 fully saturated rings. The average Bonchev–Trinajstić information content (AvgIpc) is 2.72. The second-order valence-corrected chi connectivity index (χ2v) is 6.51. The highest BCUT2D eigenvalue weighted by molar-refractivity contribution is 5.86. The molecule has 3 heterocycles. The lowest BCUT2D eigenvalue weighted by atomic mass is 9.84. The Morgan fingerprint density at radius 2 is 1.89 bits per heavy atom. The van der Waals surface area contributed by atoms with Crippen molar-refractivity contribution in [2.75, 3.05) is 0 Å². The fraction of sp³-hybridized carbons (Fsp3) is 0.0455. The first kappa shape index (κ1) is 16.1. The van der Waals surface area contributed by atoms with Gasteiger partial charge in [-0.2, -0.15) is 5.26 Å². The van der Waals surface area contributed by atoms with Crippen LogP contribution in [0.4, 0.5) is 0 Å². The molecule has 0 spiro atoms. The lowest BCUT2D eigenvalue weighted by molar-refractivity contribution is 0.388. The van der Waals surface area contributed by atoms with E-state index in [0.29, 0.717) is 22.3 Å². The number of hydrogen-bond acceptors (Lipinski definition) is 6. The van der Waals surface area contributed by atoms with E-state index < -0.39 is 11.5 Å². The Bertz CT molecular complexity index is 1400. The lowest BCUT2D eigenvalue weighted by Crippen LogP contribution is -2.26. The van der Waals surface area contributed by atoms with Crippen LogP contribution in [0.1, 0.15) is 17.0 Å². The molecule has 2 N–H and O–H groups in total. The lowest BCUT2D eigenvalue weighted by Gasteiger charge is -2.25. The molecule has 0 saturated heterocycles. The summed E-state index contributed by atoms with van der Waals surface area (Å²) in [6, 6.07) is 18.7. The minimum atomic E-state index is -0.716. The van der Waals surface area contributed by atoms with Crippen LogP contribution in [0.5, 0.6) is 5.75 Å². The molecule has 1 aliphatic rings. The van der Waals surface area contributed by atoms with Crippen LogP contribution in [0.15, 0.2) is 81.5 Å². The number of aromatic nitrogens is 1. The molecule has 0 amide bonds. The Hall–Kier alpha value is -4.11. The minimum Gasteiger partial charge on any atom is -0.439 e. The van der Waals surface area contributed by atoms with Gasteiger partial charge in [0.05, 0.1) is 22.4 Å². The number of ether oxygens (including phenoxy) is 1. The summed E-state index contributed by atoms with van der Waals surface area (Å²) >= 11 is 0. The molecule has 28 heavy (non-hydrogen) atoms. The zero-order valence-electron chi connectivity index (χ0n) is 14.5. The minimum absolute atomic E-state index is 0.0242. The van der Waals surface area contributed by atoms with Gasteiger partial charge in [0.15, 0.2) is 5.75 Å². The van der Waals surface area contributed by atoms with Gasteiger partial charge in [-0.3, -0.25) is 4.98 Å².